The van der Waals surface area contributed by atoms with Crippen LogP contribution in [0.15, 0.2) is 46.7 Å². The van der Waals surface area contributed by atoms with Crippen LogP contribution >= 0.6 is 11.3 Å². The van der Waals surface area contributed by atoms with Crippen molar-refractivity contribution in [1.82, 2.24) is 10.2 Å². The summed E-state index contributed by atoms with van der Waals surface area (Å²) in [6, 6.07) is 10.00. The lowest BCUT2D eigenvalue weighted by atomic mass is 10.3. The minimum atomic E-state index is -4.55. The van der Waals surface area contributed by atoms with Gasteiger partial charge in [0.15, 0.2) is 0 Å². The molecule has 138 valence electrons. The maximum atomic E-state index is 12.6. The second-order valence-electron chi connectivity index (χ2n) is 5.09. The summed E-state index contributed by atoms with van der Waals surface area (Å²) in [6.07, 6.45) is -4.55. The van der Waals surface area contributed by atoms with Gasteiger partial charge in [-0.15, -0.1) is 11.3 Å². The molecule has 3 rings (SSSR count). The van der Waals surface area contributed by atoms with Crippen LogP contribution in [-0.2, 0) is 16.2 Å². The highest BCUT2D eigenvalue weighted by atomic mass is 32.2. The third kappa shape index (κ3) is 3.68. The summed E-state index contributed by atoms with van der Waals surface area (Å²) in [6.45, 7) is 0. The molecule has 0 atom stereocenters. The number of hydrogen-bond acceptors (Lipinski definition) is 5. The molecule has 0 aliphatic rings. The van der Waals surface area contributed by atoms with Gasteiger partial charge in [0.05, 0.1) is 17.7 Å². The van der Waals surface area contributed by atoms with Gasteiger partial charge in [-0.2, -0.15) is 18.3 Å². The Labute approximate surface area is 150 Å². The largest absolute Gasteiger partial charge is 0.495 e. The first-order chi connectivity index (χ1) is 12.2. The summed E-state index contributed by atoms with van der Waals surface area (Å²) in [5.41, 5.74) is -0.734. The lowest BCUT2D eigenvalue weighted by molar-refractivity contribution is -0.141. The predicted molar refractivity (Wildman–Crippen MR) is 90.7 cm³/mol. The van der Waals surface area contributed by atoms with E-state index in [1.807, 2.05) is 5.10 Å². The van der Waals surface area contributed by atoms with E-state index in [4.69, 9.17) is 4.74 Å². The van der Waals surface area contributed by atoms with Gasteiger partial charge in [-0.25, -0.2) is 8.42 Å². The number of benzene rings is 1. The van der Waals surface area contributed by atoms with Crippen LogP contribution in [0, 0.1) is 0 Å². The normalized spacial score (nSPS) is 12.2. The number of alkyl halides is 3. The first kappa shape index (κ1) is 18.3. The Kier molecular flexibility index (Phi) is 4.67. The minimum absolute atomic E-state index is 0.0149. The monoisotopic (exact) mass is 403 g/mol. The lowest BCUT2D eigenvalue weighted by Crippen LogP contribution is -2.12. The summed E-state index contributed by atoms with van der Waals surface area (Å²) in [5.74, 6) is 0.343. The van der Waals surface area contributed by atoms with Gasteiger partial charge in [0.1, 0.15) is 21.3 Å². The van der Waals surface area contributed by atoms with Crippen molar-refractivity contribution >= 4 is 27.0 Å². The number of halogens is 3. The fraction of sp³-hybridized carbons (Fsp3) is 0.133. The van der Waals surface area contributed by atoms with E-state index in [-0.39, 0.29) is 20.5 Å². The number of nitrogens with one attached hydrogen (secondary N) is 2. The molecule has 0 bridgehead atoms. The number of hydrogen-bond donors (Lipinski definition) is 2. The molecule has 0 saturated carbocycles. The van der Waals surface area contributed by atoms with E-state index in [1.54, 1.807) is 18.2 Å². The van der Waals surface area contributed by atoms with Gasteiger partial charge in [-0.05, 0) is 30.3 Å². The van der Waals surface area contributed by atoms with E-state index in [0.29, 0.717) is 5.75 Å². The van der Waals surface area contributed by atoms with Gasteiger partial charge in [-0.1, -0.05) is 12.1 Å². The van der Waals surface area contributed by atoms with Gasteiger partial charge in [0.2, 0.25) is 0 Å². The molecule has 0 radical (unpaired) electrons. The molecule has 0 aliphatic carbocycles. The minimum Gasteiger partial charge on any atom is -0.495 e. The first-order valence-electron chi connectivity index (χ1n) is 7.09. The number of sulfonamides is 1. The molecule has 1 aromatic carbocycles. The highest BCUT2D eigenvalue weighted by Crippen LogP contribution is 2.35. The van der Waals surface area contributed by atoms with E-state index < -0.39 is 21.9 Å². The van der Waals surface area contributed by atoms with Crippen molar-refractivity contribution in [2.45, 2.75) is 10.4 Å². The number of rotatable bonds is 5. The molecule has 0 saturated heterocycles. The van der Waals surface area contributed by atoms with Gasteiger partial charge in [0, 0.05) is 0 Å². The zero-order valence-electron chi connectivity index (χ0n) is 13.2. The first-order valence-corrected chi connectivity index (χ1v) is 9.39. The molecule has 0 spiro atoms. The summed E-state index contributed by atoms with van der Waals surface area (Å²) in [5, 5.41) is 5.49. The van der Waals surface area contributed by atoms with Crippen LogP contribution < -0.4 is 9.46 Å². The summed E-state index contributed by atoms with van der Waals surface area (Å²) in [7, 11) is -2.52. The van der Waals surface area contributed by atoms with Crippen LogP contribution in [0.5, 0.6) is 5.75 Å². The highest BCUT2D eigenvalue weighted by molar-refractivity contribution is 7.94. The van der Waals surface area contributed by atoms with Crippen molar-refractivity contribution in [3.05, 3.63) is 48.2 Å². The molecule has 3 aromatic rings. The van der Waals surface area contributed by atoms with Gasteiger partial charge >= 0.3 is 6.18 Å². The molecule has 2 N–H and O–H groups in total. The van der Waals surface area contributed by atoms with Gasteiger partial charge in [-0.3, -0.25) is 9.82 Å². The number of anilines is 1. The van der Waals surface area contributed by atoms with Crippen molar-refractivity contribution in [3.63, 3.8) is 0 Å². The van der Waals surface area contributed by atoms with Crippen LogP contribution in [0.1, 0.15) is 5.69 Å². The quantitative estimate of drug-likeness (QED) is 0.675. The highest BCUT2D eigenvalue weighted by Gasteiger charge is 2.33. The van der Waals surface area contributed by atoms with E-state index in [9.17, 15) is 21.6 Å². The van der Waals surface area contributed by atoms with Crippen LogP contribution in [-0.4, -0.2) is 25.7 Å². The average Bonchev–Trinajstić information content (AvgIpc) is 3.24. The molecule has 0 fully saturated rings. The van der Waals surface area contributed by atoms with Crippen molar-refractivity contribution in [2.24, 2.45) is 0 Å². The number of ether oxygens (including phenoxy) is 1. The van der Waals surface area contributed by atoms with E-state index in [0.717, 1.165) is 17.4 Å². The third-order valence-corrected chi connectivity index (χ3v) is 6.30. The Morgan fingerprint density at radius 1 is 1.19 bits per heavy atom. The molecule has 0 amide bonds. The Hall–Kier alpha value is -2.53. The molecule has 26 heavy (non-hydrogen) atoms. The zero-order chi connectivity index (χ0) is 18.9. The van der Waals surface area contributed by atoms with E-state index in [2.05, 4.69) is 9.82 Å². The molecule has 0 unspecified atom stereocenters. The maximum absolute atomic E-state index is 12.6. The second kappa shape index (κ2) is 6.65. The molecular formula is C15H12F3N3O3S2. The molecule has 2 aromatic heterocycles. The Morgan fingerprint density at radius 3 is 2.58 bits per heavy atom. The number of methoxy groups -OCH3 is 1. The Morgan fingerprint density at radius 2 is 1.92 bits per heavy atom. The van der Waals surface area contributed by atoms with E-state index in [1.165, 1.54) is 25.3 Å². The summed E-state index contributed by atoms with van der Waals surface area (Å²) in [4.78, 5) is 0.289. The van der Waals surface area contributed by atoms with Crippen LogP contribution in [0.25, 0.3) is 10.6 Å². The van der Waals surface area contributed by atoms with Crippen molar-refractivity contribution in [1.29, 1.82) is 0 Å². The number of aromatic nitrogens is 2. The predicted octanol–water partition coefficient (Wildman–Crippen LogP) is 3.97. The van der Waals surface area contributed by atoms with Crippen molar-refractivity contribution in [3.8, 4) is 16.3 Å². The van der Waals surface area contributed by atoms with Crippen molar-refractivity contribution in [2.75, 3.05) is 11.8 Å². The number of nitrogens with zero attached hydrogens (tertiary/aromatic N) is 1. The fourth-order valence-corrected chi connectivity index (χ4v) is 4.46. The second-order valence-corrected chi connectivity index (χ2v) is 8.08. The maximum Gasteiger partial charge on any atom is 0.432 e. The fourth-order valence-electron chi connectivity index (χ4n) is 2.12. The number of aromatic amines is 1. The number of thiophene rings is 1. The SMILES string of the molecule is COc1ccccc1NS(=O)(=O)c1ccc(-c2cc(C(F)(F)F)[nH]n2)s1. The van der Waals surface area contributed by atoms with Crippen LogP contribution in [0.4, 0.5) is 18.9 Å². The Bertz CT molecular complexity index is 1030. The summed E-state index contributed by atoms with van der Waals surface area (Å²) < 4.78 is 70.4. The molecular weight excluding hydrogens is 391 g/mol. The molecule has 6 nitrogen and oxygen atoms in total. The van der Waals surface area contributed by atoms with Crippen LogP contribution in [0.3, 0.4) is 0 Å². The zero-order valence-corrected chi connectivity index (χ0v) is 14.8. The third-order valence-electron chi connectivity index (χ3n) is 3.33. The van der Waals surface area contributed by atoms with Gasteiger partial charge < -0.3 is 4.74 Å². The van der Waals surface area contributed by atoms with Crippen LogP contribution in [0.2, 0.25) is 0 Å². The summed E-state index contributed by atoms with van der Waals surface area (Å²) >= 11 is 0.808. The molecule has 11 heteroatoms. The molecule has 0 aliphatic heterocycles. The average molecular weight is 403 g/mol. The van der Waals surface area contributed by atoms with E-state index >= 15 is 0 Å². The van der Waals surface area contributed by atoms with Gasteiger partial charge in [0.25, 0.3) is 10.0 Å². The smallest absolute Gasteiger partial charge is 0.432 e. The number of para-hydroxylation sites is 2. The topological polar surface area (TPSA) is 84.1 Å². The standard InChI is InChI=1S/C15H12F3N3O3S2/c1-24-11-5-3-2-4-9(11)21-26(22,23)14-7-6-12(25-14)10-8-13(20-19-10)15(16,17)18/h2-8,21H,1H3,(H,19,20). The lowest BCUT2D eigenvalue weighted by Gasteiger charge is -2.10. The Balaban J connectivity index is 1.88. The number of H-pyrrole nitrogens is 1. The van der Waals surface area contributed by atoms with Crippen molar-refractivity contribution < 1.29 is 26.3 Å². The molecule has 2 heterocycles.